The molecule has 1 unspecified atom stereocenters. The van der Waals surface area contributed by atoms with Crippen LogP contribution in [0.5, 0.6) is 0 Å². The average molecular weight is 300 g/mol. The Balaban J connectivity index is 4.14. The van der Waals surface area contributed by atoms with Crippen LogP contribution in [0.25, 0.3) is 0 Å². The Morgan fingerprint density at radius 3 is 2.13 bits per heavy atom. The van der Waals surface area contributed by atoms with Crippen molar-refractivity contribution in [3.63, 3.8) is 0 Å². The summed E-state index contributed by atoms with van der Waals surface area (Å²) in [6.07, 6.45) is 1.07. The van der Waals surface area contributed by atoms with E-state index < -0.39 is 24.1 Å². The number of hydrogen-bond donors (Lipinski definition) is 0. The molecule has 1 radical (unpaired) electrons. The number of halogens is 2. The Morgan fingerprint density at radius 1 is 1.27 bits per heavy atom. The first kappa shape index (κ1) is 15.9. The summed E-state index contributed by atoms with van der Waals surface area (Å²) >= 11 is 11.6. The molecule has 0 saturated carbocycles. The summed E-state index contributed by atoms with van der Waals surface area (Å²) in [7, 11) is -4.28. The molecule has 0 fully saturated rings. The molecule has 1 atom stereocenters. The monoisotopic (exact) mass is 299 g/mol. The third-order valence-electron chi connectivity index (χ3n) is 2.01. The molecule has 0 spiro atoms. The first-order chi connectivity index (χ1) is 6.68. The minimum atomic E-state index is -1.70. The summed E-state index contributed by atoms with van der Waals surface area (Å²) in [4.78, 5) is 0. The molecule has 1 nitrogen and oxygen atoms in total. The van der Waals surface area contributed by atoms with E-state index in [1.54, 1.807) is 0 Å². The van der Waals surface area contributed by atoms with Crippen LogP contribution in [0.4, 0.5) is 0 Å². The molecule has 0 aliphatic rings. The summed E-state index contributed by atoms with van der Waals surface area (Å²) < 4.78 is 6.24. The Morgan fingerprint density at radius 2 is 1.80 bits per heavy atom. The second-order valence-corrected chi connectivity index (χ2v) is 18.0. The van der Waals surface area contributed by atoms with Gasteiger partial charge >= 0.3 is 0 Å². The van der Waals surface area contributed by atoms with Gasteiger partial charge in [-0.3, -0.25) is 0 Å². The van der Waals surface area contributed by atoms with Gasteiger partial charge in [0.05, 0.1) is 0 Å². The van der Waals surface area contributed by atoms with E-state index in [0.29, 0.717) is 0 Å². The van der Waals surface area contributed by atoms with Crippen molar-refractivity contribution in [2.45, 2.75) is 44.7 Å². The molecule has 0 amide bonds. The predicted molar refractivity (Wildman–Crippen MR) is 77.9 cm³/mol. The standard InChI is InChI=1S/C9H21Cl2OSi3/c1-6-15(5,12-14(2,3)4)9-7-8-13(10)11/h6H,1,7-9H2,2-5H3. The number of rotatable bonds is 7. The summed E-state index contributed by atoms with van der Waals surface area (Å²) in [6, 6.07) is 2.04. The molecule has 0 aliphatic carbocycles. The summed E-state index contributed by atoms with van der Waals surface area (Å²) in [5.74, 6) is 0. The summed E-state index contributed by atoms with van der Waals surface area (Å²) in [6.45, 7) is 12.8. The van der Waals surface area contributed by atoms with Crippen LogP contribution < -0.4 is 0 Å². The Bertz CT molecular complexity index is 206. The zero-order valence-corrected chi connectivity index (χ0v) is 14.6. The van der Waals surface area contributed by atoms with Crippen molar-refractivity contribution >= 4 is 46.2 Å². The molecular formula is C9H21Cl2OSi3. The summed E-state index contributed by atoms with van der Waals surface area (Å²) in [5, 5.41) is 0. The van der Waals surface area contributed by atoms with Crippen LogP contribution in [0, 0.1) is 0 Å². The van der Waals surface area contributed by atoms with E-state index >= 15 is 0 Å². The normalized spacial score (nSPS) is 16.5. The van der Waals surface area contributed by atoms with Crippen LogP contribution >= 0.6 is 22.2 Å². The smallest absolute Gasteiger partial charge is 0.273 e. The van der Waals surface area contributed by atoms with Gasteiger partial charge in [-0.1, -0.05) is 12.1 Å². The molecule has 0 aromatic carbocycles. The quantitative estimate of drug-likeness (QED) is 0.497. The van der Waals surface area contributed by atoms with Gasteiger partial charge in [-0.05, 0) is 38.3 Å². The Kier molecular flexibility index (Phi) is 7.02. The molecule has 0 N–H and O–H groups in total. The molecule has 0 saturated heterocycles. The van der Waals surface area contributed by atoms with Gasteiger partial charge in [-0.25, -0.2) is 0 Å². The highest BCUT2D eigenvalue weighted by Gasteiger charge is 2.31. The molecule has 0 aromatic rings. The van der Waals surface area contributed by atoms with Crippen LogP contribution in [0.1, 0.15) is 6.42 Å². The van der Waals surface area contributed by atoms with E-state index in [1.165, 1.54) is 0 Å². The van der Waals surface area contributed by atoms with Crippen molar-refractivity contribution in [3.05, 3.63) is 12.3 Å². The van der Waals surface area contributed by atoms with Gasteiger partial charge in [-0.15, -0.1) is 28.7 Å². The van der Waals surface area contributed by atoms with E-state index in [9.17, 15) is 0 Å². The summed E-state index contributed by atoms with van der Waals surface area (Å²) in [5.41, 5.74) is 2.04. The highest BCUT2D eigenvalue weighted by Crippen LogP contribution is 2.23. The topological polar surface area (TPSA) is 9.23 Å². The van der Waals surface area contributed by atoms with Crippen molar-refractivity contribution in [2.75, 3.05) is 0 Å². The predicted octanol–water partition coefficient (Wildman–Crippen LogP) is 4.49. The maximum Gasteiger partial charge on any atom is 0.273 e. The minimum Gasteiger partial charge on any atom is -0.453 e. The SMILES string of the molecule is C=C[Si](C)(CCC[Si](Cl)Cl)O[Si](C)(C)C. The third kappa shape index (κ3) is 8.71. The van der Waals surface area contributed by atoms with Gasteiger partial charge in [0, 0.05) is 0 Å². The molecule has 15 heavy (non-hydrogen) atoms. The minimum absolute atomic E-state index is 0.944. The Hall–Kier alpha value is 0.931. The highest BCUT2D eigenvalue weighted by molar-refractivity contribution is 7.33. The van der Waals surface area contributed by atoms with Gasteiger partial charge in [-0.2, -0.15) is 0 Å². The zero-order chi connectivity index (χ0) is 12.1. The second kappa shape index (κ2) is 6.61. The highest BCUT2D eigenvalue weighted by atomic mass is 35.7. The van der Waals surface area contributed by atoms with E-state index in [-0.39, 0.29) is 0 Å². The molecule has 0 aromatic heterocycles. The average Bonchev–Trinajstić information content (AvgIpc) is 2.00. The van der Waals surface area contributed by atoms with Crippen molar-refractivity contribution in [2.24, 2.45) is 0 Å². The van der Waals surface area contributed by atoms with E-state index in [1.807, 2.05) is 5.70 Å². The van der Waals surface area contributed by atoms with Crippen molar-refractivity contribution < 1.29 is 4.12 Å². The van der Waals surface area contributed by atoms with Crippen LogP contribution in [0.15, 0.2) is 12.3 Å². The largest absolute Gasteiger partial charge is 0.453 e. The first-order valence-electron chi connectivity index (χ1n) is 5.19. The fourth-order valence-corrected chi connectivity index (χ4v) is 10.5. The van der Waals surface area contributed by atoms with E-state index in [0.717, 1.165) is 18.5 Å². The van der Waals surface area contributed by atoms with Crippen LogP contribution in [0.3, 0.4) is 0 Å². The molecular weight excluding hydrogens is 279 g/mol. The molecule has 0 rings (SSSR count). The Labute approximate surface area is 107 Å². The molecule has 0 aliphatic heterocycles. The maximum atomic E-state index is 6.24. The molecule has 89 valence electrons. The van der Waals surface area contributed by atoms with Gasteiger partial charge in [0.15, 0.2) is 8.32 Å². The van der Waals surface area contributed by atoms with Gasteiger partial charge in [0.2, 0.25) is 8.32 Å². The lowest BCUT2D eigenvalue weighted by atomic mass is 10.6. The van der Waals surface area contributed by atoms with E-state index in [2.05, 4.69) is 32.8 Å². The van der Waals surface area contributed by atoms with Crippen LogP contribution in [0.2, 0.25) is 38.3 Å². The fourth-order valence-electron chi connectivity index (χ4n) is 1.47. The molecule has 0 heterocycles. The lowest BCUT2D eigenvalue weighted by Gasteiger charge is -2.32. The lowest BCUT2D eigenvalue weighted by Crippen LogP contribution is -2.43. The third-order valence-corrected chi connectivity index (χ3v) is 10.4. The number of hydrogen-bond acceptors (Lipinski definition) is 1. The fraction of sp³-hybridized carbons (Fsp3) is 0.778. The van der Waals surface area contributed by atoms with Crippen molar-refractivity contribution in [1.82, 2.24) is 0 Å². The second-order valence-electron chi connectivity index (χ2n) is 4.92. The van der Waals surface area contributed by atoms with Crippen molar-refractivity contribution in [3.8, 4) is 0 Å². The van der Waals surface area contributed by atoms with Crippen molar-refractivity contribution in [1.29, 1.82) is 0 Å². The van der Waals surface area contributed by atoms with Crippen LogP contribution in [-0.2, 0) is 4.12 Å². The molecule has 0 bridgehead atoms. The maximum absolute atomic E-state index is 6.24. The first-order valence-corrected chi connectivity index (χ1v) is 15.0. The van der Waals surface area contributed by atoms with Gasteiger partial charge in [0.1, 0.15) is 0 Å². The van der Waals surface area contributed by atoms with Gasteiger partial charge in [0.25, 0.3) is 7.42 Å². The lowest BCUT2D eigenvalue weighted by molar-refractivity contribution is 0.552. The van der Waals surface area contributed by atoms with E-state index in [4.69, 9.17) is 26.3 Å². The molecule has 6 heteroatoms. The van der Waals surface area contributed by atoms with Gasteiger partial charge < -0.3 is 4.12 Å². The van der Waals surface area contributed by atoms with Crippen LogP contribution in [-0.4, -0.2) is 24.1 Å². The zero-order valence-electron chi connectivity index (χ0n) is 10.1.